The smallest absolute Gasteiger partial charge is 0.139 e. The van der Waals surface area contributed by atoms with Crippen LogP contribution in [0.5, 0.6) is 0 Å². The van der Waals surface area contributed by atoms with Gasteiger partial charge in [0.25, 0.3) is 0 Å². The monoisotopic (exact) mass is 362 g/mol. The van der Waals surface area contributed by atoms with Crippen LogP contribution in [0.3, 0.4) is 0 Å². The molecule has 3 heteroatoms. The summed E-state index contributed by atoms with van der Waals surface area (Å²) in [6, 6.07) is 0. The standard InChI is InChI=1S/C23H38O3/c1-2-3-4-8-14-23-15-13-21(25)18(19(23)16-22(23)26)11-12-20(24)17-9-6-5-7-10-17/h11-12,17-21,24-25H,2-10,13-16H2,1H3/b12-11+/t18-,19-,20-,21-,23+/m1/s1. The van der Waals surface area contributed by atoms with Gasteiger partial charge in [0.05, 0.1) is 12.2 Å². The van der Waals surface area contributed by atoms with Crippen molar-refractivity contribution in [2.45, 2.75) is 103 Å². The predicted molar refractivity (Wildman–Crippen MR) is 105 cm³/mol. The minimum absolute atomic E-state index is 0.0471. The van der Waals surface area contributed by atoms with E-state index in [1.165, 1.54) is 38.5 Å². The highest BCUT2D eigenvalue weighted by atomic mass is 16.3. The molecule has 0 aliphatic heterocycles. The van der Waals surface area contributed by atoms with Crippen molar-refractivity contribution in [1.29, 1.82) is 0 Å². The number of aliphatic hydroxyl groups is 2. The SMILES string of the molecule is CCCCCC[C@]12CC[C@@H](O)[C@H](/C=C/[C@@H](O)C3CCCCC3)[C@H]1CC2=O. The molecular weight excluding hydrogens is 324 g/mol. The van der Waals surface area contributed by atoms with Gasteiger partial charge in [-0.25, -0.2) is 0 Å². The molecule has 0 saturated heterocycles. The Kier molecular flexibility index (Phi) is 6.96. The summed E-state index contributed by atoms with van der Waals surface area (Å²) in [7, 11) is 0. The molecule has 0 radical (unpaired) electrons. The Balaban J connectivity index is 1.62. The lowest BCUT2D eigenvalue weighted by Crippen LogP contribution is -2.58. The second-order valence-corrected chi connectivity index (χ2v) is 9.16. The predicted octanol–water partition coefficient (Wildman–Crippen LogP) is 4.80. The van der Waals surface area contributed by atoms with Gasteiger partial charge in [-0.2, -0.15) is 0 Å². The molecule has 0 spiro atoms. The van der Waals surface area contributed by atoms with E-state index in [-0.39, 0.29) is 29.5 Å². The number of carbonyl (C=O) groups is 1. The Labute approximate surface area is 159 Å². The number of unbranched alkanes of at least 4 members (excludes halogenated alkanes) is 3. The Morgan fingerprint density at radius 2 is 1.92 bits per heavy atom. The van der Waals surface area contributed by atoms with Crippen molar-refractivity contribution in [3.8, 4) is 0 Å². The Morgan fingerprint density at radius 1 is 1.15 bits per heavy atom. The second-order valence-electron chi connectivity index (χ2n) is 9.16. The van der Waals surface area contributed by atoms with Crippen LogP contribution in [0.4, 0.5) is 0 Å². The lowest BCUT2D eigenvalue weighted by Gasteiger charge is -2.56. The van der Waals surface area contributed by atoms with E-state index in [4.69, 9.17) is 0 Å². The molecule has 2 N–H and O–H groups in total. The van der Waals surface area contributed by atoms with Crippen molar-refractivity contribution < 1.29 is 15.0 Å². The first-order chi connectivity index (χ1) is 12.6. The third-order valence-electron chi connectivity index (χ3n) is 7.61. The third kappa shape index (κ3) is 4.09. The van der Waals surface area contributed by atoms with Crippen LogP contribution in [0.1, 0.15) is 90.4 Å². The number of hydrogen-bond acceptors (Lipinski definition) is 3. The number of ketones is 1. The fourth-order valence-electron chi connectivity index (χ4n) is 5.82. The normalized spacial score (nSPS) is 36.7. The van der Waals surface area contributed by atoms with Crippen LogP contribution < -0.4 is 0 Å². The Morgan fingerprint density at radius 3 is 2.62 bits per heavy atom. The van der Waals surface area contributed by atoms with Crippen molar-refractivity contribution in [3.05, 3.63) is 12.2 Å². The zero-order valence-corrected chi connectivity index (χ0v) is 16.5. The highest BCUT2D eigenvalue weighted by Crippen LogP contribution is 2.58. The minimum atomic E-state index is -0.390. The molecule has 0 aromatic rings. The molecule has 0 aromatic carbocycles. The summed E-state index contributed by atoms with van der Waals surface area (Å²) in [5, 5.41) is 21.1. The second kappa shape index (κ2) is 9.01. The van der Waals surface area contributed by atoms with Gasteiger partial charge in [0, 0.05) is 17.8 Å². The summed E-state index contributed by atoms with van der Waals surface area (Å²) in [5.74, 6) is 1.14. The molecular formula is C23H38O3. The van der Waals surface area contributed by atoms with Crippen LogP contribution in [-0.4, -0.2) is 28.2 Å². The molecule has 0 bridgehead atoms. The highest BCUT2D eigenvalue weighted by molar-refractivity contribution is 5.91. The molecule has 3 rings (SSSR count). The van der Waals surface area contributed by atoms with E-state index in [1.807, 2.05) is 6.08 Å². The third-order valence-corrected chi connectivity index (χ3v) is 7.61. The summed E-state index contributed by atoms with van der Waals surface area (Å²) in [6.45, 7) is 2.21. The number of hydrogen-bond donors (Lipinski definition) is 2. The first-order valence-electron chi connectivity index (χ1n) is 11.2. The highest BCUT2D eigenvalue weighted by Gasteiger charge is 2.59. The molecule has 26 heavy (non-hydrogen) atoms. The van der Waals surface area contributed by atoms with Gasteiger partial charge in [0.15, 0.2) is 0 Å². The van der Waals surface area contributed by atoms with Crippen molar-refractivity contribution >= 4 is 5.78 Å². The molecule has 0 heterocycles. The van der Waals surface area contributed by atoms with Gasteiger partial charge < -0.3 is 10.2 Å². The van der Waals surface area contributed by atoms with Crippen LogP contribution >= 0.6 is 0 Å². The fraction of sp³-hybridized carbons (Fsp3) is 0.870. The first-order valence-corrected chi connectivity index (χ1v) is 11.2. The summed E-state index contributed by atoms with van der Waals surface area (Å²) < 4.78 is 0. The van der Waals surface area contributed by atoms with Gasteiger partial charge in [0.2, 0.25) is 0 Å². The molecule has 5 atom stereocenters. The summed E-state index contributed by atoms with van der Waals surface area (Å²) in [4.78, 5) is 12.5. The van der Waals surface area contributed by atoms with Crippen LogP contribution in [0, 0.1) is 23.2 Å². The van der Waals surface area contributed by atoms with Crippen molar-refractivity contribution in [1.82, 2.24) is 0 Å². The Hall–Kier alpha value is -0.670. The number of aliphatic hydroxyl groups excluding tert-OH is 2. The summed E-state index contributed by atoms with van der Waals surface area (Å²) in [6.07, 6.45) is 17.2. The lowest BCUT2D eigenvalue weighted by atomic mass is 9.47. The van der Waals surface area contributed by atoms with Gasteiger partial charge in [-0.05, 0) is 43.9 Å². The average Bonchev–Trinajstić information content (AvgIpc) is 2.66. The van der Waals surface area contributed by atoms with Crippen molar-refractivity contribution in [3.63, 3.8) is 0 Å². The Bertz CT molecular complexity index is 494. The van der Waals surface area contributed by atoms with E-state index < -0.39 is 0 Å². The zero-order chi connectivity index (χ0) is 18.6. The van der Waals surface area contributed by atoms with E-state index in [0.29, 0.717) is 18.1 Å². The number of carbonyl (C=O) groups excluding carboxylic acids is 1. The maximum Gasteiger partial charge on any atom is 0.139 e. The zero-order valence-electron chi connectivity index (χ0n) is 16.5. The molecule has 0 aromatic heterocycles. The van der Waals surface area contributed by atoms with E-state index in [9.17, 15) is 15.0 Å². The number of Topliss-reactive ketones (excluding diaryl/α,β-unsaturated/α-hetero) is 1. The van der Waals surface area contributed by atoms with Gasteiger partial charge in [-0.15, -0.1) is 0 Å². The van der Waals surface area contributed by atoms with E-state index in [1.54, 1.807) is 0 Å². The number of rotatable bonds is 8. The van der Waals surface area contributed by atoms with Gasteiger partial charge in [-0.3, -0.25) is 4.79 Å². The topological polar surface area (TPSA) is 57.5 Å². The van der Waals surface area contributed by atoms with Gasteiger partial charge in [-0.1, -0.05) is 64.0 Å². The first kappa shape index (κ1) is 20.1. The van der Waals surface area contributed by atoms with Crippen molar-refractivity contribution in [2.24, 2.45) is 23.2 Å². The quantitative estimate of drug-likeness (QED) is 0.482. The van der Waals surface area contributed by atoms with Gasteiger partial charge >= 0.3 is 0 Å². The maximum atomic E-state index is 12.5. The molecule has 3 aliphatic rings. The fourth-order valence-corrected chi connectivity index (χ4v) is 5.82. The molecule has 3 nitrogen and oxygen atoms in total. The molecule has 3 saturated carbocycles. The minimum Gasteiger partial charge on any atom is -0.393 e. The summed E-state index contributed by atoms with van der Waals surface area (Å²) >= 11 is 0. The van der Waals surface area contributed by atoms with E-state index >= 15 is 0 Å². The molecule has 148 valence electrons. The average molecular weight is 363 g/mol. The lowest BCUT2D eigenvalue weighted by molar-refractivity contribution is -0.161. The van der Waals surface area contributed by atoms with Crippen LogP contribution in [0.15, 0.2) is 12.2 Å². The largest absolute Gasteiger partial charge is 0.393 e. The van der Waals surface area contributed by atoms with Crippen molar-refractivity contribution in [2.75, 3.05) is 0 Å². The van der Waals surface area contributed by atoms with Crippen LogP contribution in [0.25, 0.3) is 0 Å². The number of fused-ring (bicyclic) bond motifs is 1. The van der Waals surface area contributed by atoms with Crippen LogP contribution in [-0.2, 0) is 4.79 Å². The van der Waals surface area contributed by atoms with E-state index in [2.05, 4.69) is 13.0 Å². The van der Waals surface area contributed by atoms with Crippen LogP contribution in [0.2, 0.25) is 0 Å². The molecule has 3 aliphatic carbocycles. The van der Waals surface area contributed by atoms with Gasteiger partial charge in [0.1, 0.15) is 5.78 Å². The summed E-state index contributed by atoms with van der Waals surface area (Å²) in [5.41, 5.74) is -0.169. The maximum absolute atomic E-state index is 12.5. The van der Waals surface area contributed by atoms with E-state index in [0.717, 1.165) is 38.5 Å². The molecule has 0 unspecified atom stereocenters. The molecule has 3 fully saturated rings. The molecule has 0 amide bonds.